The van der Waals surface area contributed by atoms with Crippen molar-refractivity contribution in [3.05, 3.63) is 78.1 Å². The molecule has 2 heterocycles. The van der Waals surface area contributed by atoms with E-state index in [1.165, 1.54) is 18.6 Å². The van der Waals surface area contributed by atoms with E-state index >= 15 is 0 Å². The first kappa shape index (κ1) is 13.9. The van der Waals surface area contributed by atoms with Crippen LogP contribution in [0.5, 0.6) is 0 Å². The smallest absolute Gasteiger partial charge is 0.271 e. The van der Waals surface area contributed by atoms with E-state index < -0.39 is 0 Å². The Hall–Kier alpha value is -3.02. The van der Waals surface area contributed by atoms with Gasteiger partial charge >= 0.3 is 0 Å². The second-order valence-corrected chi connectivity index (χ2v) is 4.79. The van der Waals surface area contributed by atoms with E-state index in [9.17, 15) is 4.79 Å². The molecule has 0 spiro atoms. The van der Waals surface area contributed by atoms with Crippen molar-refractivity contribution in [1.82, 2.24) is 25.1 Å². The normalized spacial score (nSPS) is 10.4. The fourth-order valence-corrected chi connectivity index (χ4v) is 2.03. The zero-order valence-electron chi connectivity index (χ0n) is 11.9. The van der Waals surface area contributed by atoms with Crippen molar-refractivity contribution >= 4 is 5.91 Å². The molecule has 0 saturated heterocycles. The molecule has 6 nitrogen and oxygen atoms in total. The summed E-state index contributed by atoms with van der Waals surface area (Å²) in [6.45, 7) is 1.19. The molecule has 0 fully saturated rings. The first-order valence-corrected chi connectivity index (χ1v) is 6.91. The Bertz CT molecular complexity index is 723. The van der Waals surface area contributed by atoms with Crippen LogP contribution < -0.4 is 5.32 Å². The van der Waals surface area contributed by atoms with E-state index in [0.29, 0.717) is 12.2 Å². The molecule has 22 heavy (non-hydrogen) atoms. The predicted molar refractivity (Wildman–Crippen MR) is 81.0 cm³/mol. The highest BCUT2D eigenvalue weighted by molar-refractivity contribution is 5.91. The van der Waals surface area contributed by atoms with Gasteiger partial charge in [0.25, 0.3) is 5.91 Å². The van der Waals surface area contributed by atoms with Gasteiger partial charge in [-0.05, 0) is 17.2 Å². The van der Waals surface area contributed by atoms with Gasteiger partial charge < -0.3 is 5.32 Å². The Morgan fingerprint density at radius 2 is 1.91 bits per heavy atom. The van der Waals surface area contributed by atoms with Gasteiger partial charge in [0.15, 0.2) is 0 Å². The monoisotopic (exact) mass is 293 g/mol. The number of nitrogens with one attached hydrogen (secondary N) is 1. The number of amides is 1. The van der Waals surface area contributed by atoms with Crippen LogP contribution in [0.1, 0.15) is 21.6 Å². The lowest BCUT2D eigenvalue weighted by Gasteiger charge is -2.06. The van der Waals surface area contributed by atoms with Crippen LogP contribution in [0.15, 0.2) is 61.3 Å². The lowest BCUT2D eigenvalue weighted by atomic mass is 10.1. The maximum Gasteiger partial charge on any atom is 0.271 e. The molecule has 3 aromatic rings. The summed E-state index contributed by atoms with van der Waals surface area (Å²) >= 11 is 0. The molecule has 1 aromatic carbocycles. The van der Waals surface area contributed by atoms with Gasteiger partial charge in [0, 0.05) is 31.3 Å². The lowest BCUT2D eigenvalue weighted by molar-refractivity contribution is 0.0945. The largest absolute Gasteiger partial charge is 0.347 e. The van der Waals surface area contributed by atoms with Crippen LogP contribution in [0.25, 0.3) is 0 Å². The Kier molecular flexibility index (Phi) is 4.20. The molecule has 0 aliphatic rings. The number of nitrogens with zero attached hydrogens (tertiary/aromatic N) is 4. The fraction of sp³-hybridized carbons (Fsp3) is 0.125. The fourth-order valence-electron chi connectivity index (χ4n) is 2.03. The van der Waals surface area contributed by atoms with Crippen LogP contribution in [0, 0.1) is 0 Å². The van der Waals surface area contributed by atoms with Gasteiger partial charge in [-0.3, -0.25) is 14.5 Å². The minimum absolute atomic E-state index is 0.228. The van der Waals surface area contributed by atoms with Crippen molar-refractivity contribution in [3.8, 4) is 0 Å². The van der Waals surface area contributed by atoms with Crippen molar-refractivity contribution in [1.29, 1.82) is 0 Å². The third-order valence-corrected chi connectivity index (χ3v) is 3.18. The van der Waals surface area contributed by atoms with Crippen molar-refractivity contribution in [2.24, 2.45) is 0 Å². The third-order valence-electron chi connectivity index (χ3n) is 3.18. The standard InChI is InChI=1S/C16H15N5O/c22-16(15-11-17-7-8-18-15)19-10-13-2-4-14(5-3-13)12-21-9-1-6-20-21/h1-9,11H,10,12H2,(H,19,22). The molecule has 0 radical (unpaired) electrons. The molecule has 0 aliphatic carbocycles. The lowest BCUT2D eigenvalue weighted by Crippen LogP contribution is -2.23. The van der Waals surface area contributed by atoms with Crippen LogP contribution in [-0.4, -0.2) is 25.7 Å². The van der Waals surface area contributed by atoms with Gasteiger partial charge in [-0.2, -0.15) is 5.10 Å². The number of hydrogen-bond acceptors (Lipinski definition) is 4. The van der Waals surface area contributed by atoms with Crippen molar-refractivity contribution < 1.29 is 4.79 Å². The van der Waals surface area contributed by atoms with E-state index in [2.05, 4.69) is 20.4 Å². The summed E-state index contributed by atoms with van der Waals surface area (Å²) in [5, 5.41) is 7.00. The zero-order valence-corrected chi connectivity index (χ0v) is 11.9. The first-order chi connectivity index (χ1) is 10.8. The Morgan fingerprint density at radius 3 is 2.59 bits per heavy atom. The van der Waals surface area contributed by atoms with Crippen LogP contribution in [0.3, 0.4) is 0 Å². The molecule has 1 N–H and O–H groups in total. The second kappa shape index (κ2) is 6.62. The highest BCUT2D eigenvalue weighted by Gasteiger charge is 2.06. The molecule has 0 unspecified atom stereocenters. The first-order valence-electron chi connectivity index (χ1n) is 6.91. The minimum atomic E-state index is -0.228. The average molecular weight is 293 g/mol. The van der Waals surface area contributed by atoms with Gasteiger partial charge in [-0.15, -0.1) is 0 Å². The number of rotatable bonds is 5. The summed E-state index contributed by atoms with van der Waals surface area (Å²) in [5.41, 5.74) is 2.51. The van der Waals surface area contributed by atoms with E-state index in [1.807, 2.05) is 41.2 Å². The second-order valence-electron chi connectivity index (χ2n) is 4.79. The van der Waals surface area contributed by atoms with Crippen LogP contribution in [-0.2, 0) is 13.1 Å². The molecule has 0 bridgehead atoms. The van der Waals surface area contributed by atoms with Crippen LogP contribution in [0.4, 0.5) is 0 Å². The maximum atomic E-state index is 11.9. The molecule has 0 atom stereocenters. The highest BCUT2D eigenvalue weighted by Crippen LogP contribution is 2.06. The van der Waals surface area contributed by atoms with Gasteiger partial charge in [-0.25, -0.2) is 4.98 Å². The zero-order chi connectivity index (χ0) is 15.2. The van der Waals surface area contributed by atoms with E-state index in [4.69, 9.17) is 0 Å². The van der Waals surface area contributed by atoms with E-state index in [-0.39, 0.29) is 5.91 Å². The van der Waals surface area contributed by atoms with Crippen LogP contribution >= 0.6 is 0 Å². The summed E-state index contributed by atoms with van der Waals surface area (Å²) in [6.07, 6.45) is 8.17. The quantitative estimate of drug-likeness (QED) is 0.776. The van der Waals surface area contributed by atoms with Gasteiger partial charge in [0.2, 0.25) is 0 Å². The summed E-state index contributed by atoms with van der Waals surface area (Å²) in [4.78, 5) is 19.7. The molecule has 110 valence electrons. The van der Waals surface area contributed by atoms with E-state index in [1.54, 1.807) is 6.20 Å². The molecule has 3 rings (SSSR count). The summed E-state index contributed by atoms with van der Waals surface area (Å²) in [6, 6.07) is 9.96. The Balaban J connectivity index is 1.56. The molecular formula is C16H15N5O. The summed E-state index contributed by atoms with van der Waals surface area (Å²) in [5.74, 6) is -0.228. The van der Waals surface area contributed by atoms with E-state index in [0.717, 1.165) is 17.7 Å². The molecule has 6 heteroatoms. The number of aromatic nitrogens is 4. The van der Waals surface area contributed by atoms with Gasteiger partial charge in [0.05, 0.1) is 12.7 Å². The number of hydrogen-bond donors (Lipinski definition) is 1. The average Bonchev–Trinajstić information content (AvgIpc) is 3.08. The minimum Gasteiger partial charge on any atom is -0.347 e. The van der Waals surface area contributed by atoms with Crippen molar-refractivity contribution in [2.45, 2.75) is 13.1 Å². The summed E-state index contributed by atoms with van der Waals surface area (Å²) in [7, 11) is 0. The molecule has 0 saturated carbocycles. The predicted octanol–water partition coefficient (Wildman–Crippen LogP) is 1.65. The molecular weight excluding hydrogens is 278 g/mol. The third kappa shape index (κ3) is 3.54. The highest BCUT2D eigenvalue weighted by atomic mass is 16.1. The van der Waals surface area contributed by atoms with Gasteiger partial charge in [-0.1, -0.05) is 24.3 Å². The SMILES string of the molecule is O=C(NCc1ccc(Cn2cccn2)cc1)c1cnccn1. The summed E-state index contributed by atoms with van der Waals surface area (Å²) < 4.78 is 1.87. The van der Waals surface area contributed by atoms with Crippen molar-refractivity contribution in [2.75, 3.05) is 0 Å². The maximum absolute atomic E-state index is 11.9. The van der Waals surface area contributed by atoms with Crippen molar-refractivity contribution in [3.63, 3.8) is 0 Å². The number of benzene rings is 1. The Morgan fingerprint density at radius 1 is 1.09 bits per heavy atom. The van der Waals surface area contributed by atoms with Gasteiger partial charge in [0.1, 0.15) is 5.69 Å². The molecule has 2 aromatic heterocycles. The molecule has 0 aliphatic heterocycles. The topological polar surface area (TPSA) is 72.7 Å². The number of carbonyl (C=O) groups is 1. The molecule has 1 amide bonds. The number of carbonyl (C=O) groups excluding carboxylic acids is 1. The van der Waals surface area contributed by atoms with Crippen LogP contribution in [0.2, 0.25) is 0 Å². The Labute approximate surface area is 127 Å².